The molecule has 2 rings (SSSR count). The molecule has 1 fully saturated rings. The highest BCUT2D eigenvalue weighted by Gasteiger charge is 2.20. The highest BCUT2D eigenvalue weighted by molar-refractivity contribution is 7.98. The van der Waals surface area contributed by atoms with Gasteiger partial charge >= 0.3 is 0 Å². The Labute approximate surface area is 96.0 Å². The van der Waals surface area contributed by atoms with E-state index in [1.54, 1.807) is 11.8 Å². The van der Waals surface area contributed by atoms with Gasteiger partial charge in [0.2, 0.25) is 0 Å². The maximum atomic E-state index is 3.34. The maximum absolute atomic E-state index is 3.34. The quantitative estimate of drug-likeness (QED) is 0.789. The zero-order valence-electron chi connectivity index (χ0n) is 9.36. The fourth-order valence-electron chi connectivity index (χ4n) is 2.02. The van der Waals surface area contributed by atoms with Crippen molar-refractivity contribution in [3.05, 3.63) is 24.3 Å². The normalized spacial score (nSPS) is 20.9. The van der Waals surface area contributed by atoms with Crippen LogP contribution in [0.1, 0.15) is 6.42 Å². The molecule has 1 N–H and O–H groups in total. The number of benzene rings is 1. The number of nitrogens with zero attached hydrogens (tertiary/aromatic N) is 1. The van der Waals surface area contributed by atoms with Crippen molar-refractivity contribution < 1.29 is 0 Å². The van der Waals surface area contributed by atoms with Crippen LogP contribution in [0.3, 0.4) is 0 Å². The summed E-state index contributed by atoms with van der Waals surface area (Å²) >= 11 is 1.79. The second-order valence-corrected chi connectivity index (χ2v) is 4.80. The zero-order chi connectivity index (χ0) is 10.7. The number of hydrogen-bond donors (Lipinski definition) is 1. The second-order valence-electron chi connectivity index (χ2n) is 3.92. The first-order chi connectivity index (χ1) is 7.33. The van der Waals surface area contributed by atoms with E-state index in [9.17, 15) is 0 Å². The highest BCUT2D eigenvalue weighted by atomic mass is 32.2. The summed E-state index contributed by atoms with van der Waals surface area (Å²) in [5.41, 5.74) is 1.35. The van der Waals surface area contributed by atoms with E-state index in [-0.39, 0.29) is 0 Å². The predicted molar refractivity (Wildman–Crippen MR) is 67.9 cm³/mol. The number of nitrogens with one attached hydrogen (secondary N) is 1. The van der Waals surface area contributed by atoms with E-state index in [0.717, 1.165) is 6.54 Å². The first-order valence-corrected chi connectivity index (χ1v) is 6.62. The molecule has 0 radical (unpaired) electrons. The van der Waals surface area contributed by atoms with E-state index >= 15 is 0 Å². The Kier molecular flexibility index (Phi) is 3.54. The molecule has 0 bridgehead atoms. The third-order valence-electron chi connectivity index (χ3n) is 3.03. The lowest BCUT2D eigenvalue weighted by atomic mass is 10.3. The minimum absolute atomic E-state index is 0.658. The molecular weight excluding hydrogens is 204 g/mol. The number of rotatable bonds is 3. The van der Waals surface area contributed by atoms with Gasteiger partial charge in [0.15, 0.2) is 0 Å². The fourth-order valence-corrected chi connectivity index (χ4v) is 2.43. The largest absolute Gasteiger partial charge is 0.370 e. The molecule has 0 saturated carbocycles. The molecule has 1 aromatic carbocycles. The monoisotopic (exact) mass is 222 g/mol. The Morgan fingerprint density at radius 3 is 2.60 bits per heavy atom. The van der Waals surface area contributed by atoms with Crippen molar-refractivity contribution >= 4 is 17.4 Å². The Balaban J connectivity index is 2.04. The first kappa shape index (κ1) is 10.8. The van der Waals surface area contributed by atoms with E-state index in [2.05, 4.69) is 40.7 Å². The molecule has 0 amide bonds. The molecule has 1 aliphatic heterocycles. The van der Waals surface area contributed by atoms with Crippen LogP contribution in [0.5, 0.6) is 0 Å². The molecule has 0 aliphatic carbocycles. The van der Waals surface area contributed by atoms with Gasteiger partial charge in [-0.15, -0.1) is 11.8 Å². The Hall–Kier alpha value is -0.670. The SMILES string of the molecule is CNC1CCN(c2ccc(SC)cc2)C1. The van der Waals surface area contributed by atoms with Gasteiger partial charge in [-0.2, -0.15) is 0 Å². The molecule has 82 valence electrons. The van der Waals surface area contributed by atoms with Crippen molar-refractivity contribution in [2.45, 2.75) is 17.4 Å². The standard InChI is InChI=1S/C12H18N2S/c1-13-10-7-8-14(9-10)11-3-5-12(15-2)6-4-11/h3-6,10,13H,7-9H2,1-2H3. The van der Waals surface area contributed by atoms with Crippen LogP contribution < -0.4 is 10.2 Å². The highest BCUT2D eigenvalue weighted by Crippen LogP contribution is 2.23. The summed E-state index contributed by atoms with van der Waals surface area (Å²) in [6.07, 6.45) is 3.36. The zero-order valence-corrected chi connectivity index (χ0v) is 10.2. The fraction of sp³-hybridized carbons (Fsp3) is 0.500. The molecule has 0 spiro atoms. The van der Waals surface area contributed by atoms with E-state index in [4.69, 9.17) is 0 Å². The number of anilines is 1. The summed E-state index contributed by atoms with van der Waals surface area (Å²) < 4.78 is 0. The first-order valence-electron chi connectivity index (χ1n) is 5.39. The lowest BCUT2D eigenvalue weighted by Gasteiger charge is -2.18. The molecule has 0 aromatic heterocycles. The topological polar surface area (TPSA) is 15.3 Å². The number of hydrogen-bond acceptors (Lipinski definition) is 3. The van der Waals surface area contributed by atoms with Crippen LogP contribution in [0.2, 0.25) is 0 Å². The lowest BCUT2D eigenvalue weighted by Crippen LogP contribution is -2.29. The Morgan fingerprint density at radius 2 is 2.07 bits per heavy atom. The molecule has 3 heteroatoms. The molecule has 1 aliphatic rings. The summed E-state index contributed by atoms with van der Waals surface area (Å²) in [7, 11) is 2.05. The van der Waals surface area contributed by atoms with E-state index in [1.807, 2.05) is 7.05 Å². The van der Waals surface area contributed by atoms with Crippen molar-refractivity contribution in [2.24, 2.45) is 0 Å². The van der Waals surface area contributed by atoms with Crippen LogP contribution >= 0.6 is 11.8 Å². The smallest absolute Gasteiger partial charge is 0.0367 e. The van der Waals surface area contributed by atoms with Crippen molar-refractivity contribution in [3.63, 3.8) is 0 Å². The molecule has 15 heavy (non-hydrogen) atoms. The third kappa shape index (κ3) is 2.47. The Bertz CT molecular complexity index is 310. The van der Waals surface area contributed by atoms with Gasteiger partial charge in [0.1, 0.15) is 0 Å². The third-order valence-corrected chi connectivity index (χ3v) is 3.78. The molecule has 1 atom stereocenters. The van der Waals surface area contributed by atoms with Gasteiger partial charge in [0, 0.05) is 29.7 Å². The van der Waals surface area contributed by atoms with Crippen molar-refractivity contribution in [1.82, 2.24) is 5.32 Å². The molecular formula is C12H18N2S. The van der Waals surface area contributed by atoms with Crippen molar-refractivity contribution in [2.75, 3.05) is 31.3 Å². The minimum atomic E-state index is 0.658. The van der Waals surface area contributed by atoms with Gasteiger partial charge in [-0.1, -0.05) is 0 Å². The summed E-state index contributed by atoms with van der Waals surface area (Å²) in [5.74, 6) is 0. The summed E-state index contributed by atoms with van der Waals surface area (Å²) in [4.78, 5) is 3.79. The van der Waals surface area contributed by atoms with Crippen LogP contribution in [0.15, 0.2) is 29.2 Å². The van der Waals surface area contributed by atoms with Gasteiger partial charge in [0.25, 0.3) is 0 Å². The summed E-state index contributed by atoms with van der Waals surface area (Å²) in [6.45, 7) is 2.30. The molecule has 1 saturated heterocycles. The minimum Gasteiger partial charge on any atom is -0.370 e. The van der Waals surface area contributed by atoms with Crippen molar-refractivity contribution in [3.8, 4) is 0 Å². The van der Waals surface area contributed by atoms with Crippen LogP contribution in [-0.2, 0) is 0 Å². The van der Waals surface area contributed by atoms with Gasteiger partial charge < -0.3 is 10.2 Å². The van der Waals surface area contributed by atoms with Crippen LogP contribution in [-0.4, -0.2) is 32.4 Å². The molecule has 1 heterocycles. The average Bonchev–Trinajstić information content (AvgIpc) is 2.78. The average molecular weight is 222 g/mol. The van der Waals surface area contributed by atoms with Crippen LogP contribution in [0.25, 0.3) is 0 Å². The Morgan fingerprint density at radius 1 is 1.33 bits per heavy atom. The maximum Gasteiger partial charge on any atom is 0.0367 e. The van der Waals surface area contributed by atoms with Crippen molar-refractivity contribution in [1.29, 1.82) is 0 Å². The van der Waals surface area contributed by atoms with E-state index < -0.39 is 0 Å². The molecule has 1 unspecified atom stereocenters. The van der Waals surface area contributed by atoms with Gasteiger partial charge in [0.05, 0.1) is 0 Å². The predicted octanol–water partition coefficient (Wildman–Crippen LogP) is 2.21. The second kappa shape index (κ2) is 4.90. The number of thioether (sulfide) groups is 1. The van der Waals surface area contributed by atoms with Gasteiger partial charge in [-0.3, -0.25) is 0 Å². The summed E-state index contributed by atoms with van der Waals surface area (Å²) in [5, 5.41) is 3.34. The molecule has 1 aromatic rings. The van der Waals surface area contributed by atoms with Gasteiger partial charge in [-0.05, 0) is 44.0 Å². The lowest BCUT2D eigenvalue weighted by molar-refractivity contribution is 0.617. The molecule has 2 nitrogen and oxygen atoms in total. The van der Waals surface area contributed by atoms with Gasteiger partial charge in [-0.25, -0.2) is 0 Å². The summed E-state index contributed by atoms with van der Waals surface area (Å²) in [6, 6.07) is 9.51. The van der Waals surface area contributed by atoms with E-state index in [1.165, 1.54) is 23.5 Å². The van der Waals surface area contributed by atoms with Crippen LogP contribution in [0, 0.1) is 0 Å². The van der Waals surface area contributed by atoms with E-state index in [0.29, 0.717) is 6.04 Å². The van der Waals surface area contributed by atoms with Crippen LogP contribution in [0.4, 0.5) is 5.69 Å². The number of likely N-dealkylation sites (N-methyl/N-ethyl adjacent to an activating group) is 1.